The summed E-state index contributed by atoms with van der Waals surface area (Å²) in [5.41, 5.74) is -9.43. The van der Waals surface area contributed by atoms with Crippen LogP contribution in [0.25, 0.3) is 0 Å². The van der Waals surface area contributed by atoms with Crippen molar-refractivity contribution in [2.24, 2.45) is 5.41 Å². The quantitative estimate of drug-likeness (QED) is 0.654. The lowest BCUT2D eigenvalue weighted by Crippen LogP contribution is -2.83. The molecule has 3 atom stereocenters. The van der Waals surface area contributed by atoms with E-state index in [0.29, 0.717) is 0 Å². The summed E-state index contributed by atoms with van der Waals surface area (Å²) in [4.78, 5) is 0. The van der Waals surface area contributed by atoms with Gasteiger partial charge in [0.1, 0.15) is 13.3 Å². The smallest absolute Gasteiger partial charge is 0.368 e. The normalized spacial score (nSPS) is 39.8. The molecule has 0 saturated heterocycles. The van der Waals surface area contributed by atoms with Crippen molar-refractivity contribution in [3.05, 3.63) is 0 Å². The number of halogens is 10. The van der Waals surface area contributed by atoms with E-state index in [1.807, 2.05) is 0 Å². The average Bonchev–Trinajstić information content (AvgIpc) is 2.43. The molecule has 1 fully saturated rings. The van der Waals surface area contributed by atoms with Gasteiger partial charge in [0.2, 0.25) is 5.60 Å². The summed E-state index contributed by atoms with van der Waals surface area (Å²) < 4.78 is 135. The number of alkyl halides is 10. The molecule has 0 amide bonds. The van der Waals surface area contributed by atoms with E-state index in [9.17, 15) is 49.0 Å². The van der Waals surface area contributed by atoms with Gasteiger partial charge in [-0.05, 0) is 6.92 Å². The molecule has 0 aromatic carbocycles. The number of hydrogen-bond acceptors (Lipinski definition) is 3. The lowest BCUT2D eigenvalue weighted by Gasteiger charge is -2.56. The monoisotopic (exact) mass is 382 g/mol. The lowest BCUT2D eigenvalue weighted by atomic mass is 9.64. The molecule has 13 heteroatoms. The predicted molar refractivity (Wildman–Crippen MR) is 56.6 cm³/mol. The number of aliphatic hydroxyl groups is 3. The largest absolute Gasteiger partial charge is 0.378 e. The minimum atomic E-state index is -6.53. The molecule has 1 aliphatic rings. The van der Waals surface area contributed by atoms with Gasteiger partial charge in [0, 0.05) is 0 Å². The summed E-state index contributed by atoms with van der Waals surface area (Å²) in [6.07, 6.45) is -3.24. The van der Waals surface area contributed by atoms with Crippen LogP contribution >= 0.6 is 0 Å². The van der Waals surface area contributed by atoms with E-state index < -0.39 is 60.3 Å². The first kappa shape index (κ1) is 21.2. The summed E-state index contributed by atoms with van der Waals surface area (Å²) in [5.74, 6) is -30.8. The van der Waals surface area contributed by atoms with Crippen LogP contribution in [0, 0.1) is 5.41 Å². The molecule has 144 valence electrons. The molecular weight excluding hydrogens is 370 g/mol. The van der Waals surface area contributed by atoms with Crippen molar-refractivity contribution in [2.75, 3.05) is 13.3 Å². The van der Waals surface area contributed by atoms with Crippen molar-refractivity contribution in [2.45, 2.75) is 48.4 Å². The van der Waals surface area contributed by atoms with Gasteiger partial charge >= 0.3 is 17.7 Å². The maximum absolute atomic E-state index is 14.2. The molecule has 3 N–H and O–H groups in total. The van der Waals surface area contributed by atoms with Crippen molar-refractivity contribution >= 4 is 0 Å². The molecule has 0 aromatic rings. The van der Waals surface area contributed by atoms with E-state index in [1.54, 1.807) is 0 Å². The van der Waals surface area contributed by atoms with Crippen molar-refractivity contribution in [1.29, 1.82) is 0 Å². The zero-order valence-corrected chi connectivity index (χ0v) is 11.7. The van der Waals surface area contributed by atoms with Gasteiger partial charge < -0.3 is 15.3 Å². The van der Waals surface area contributed by atoms with Crippen LogP contribution < -0.4 is 0 Å². The molecule has 0 radical (unpaired) electrons. The Morgan fingerprint density at radius 1 is 0.833 bits per heavy atom. The lowest BCUT2D eigenvalue weighted by molar-refractivity contribution is -0.490. The van der Waals surface area contributed by atoms with Crippen LogP contribution in [0.2, 0.25) is 0 Å². The van der Waals surface area contributed by atoms with Crippen molar-refractivity contribution in [1.82, 2.24) is 0 Å². The fourth-order valence-corrected chi connectivity index (χ4v) is 2.30. The van der Waals surface area contributed by atoms with Crippen molar-refractivity contribution in [3.8, 4) is 0 Å². The van der Waals surface area contributed by atoms with E-state index in [0.717, 1.165) is 0 Å². The Morgan fingerprint density at radius 3 is 1.54 bits per heavy atom. The Hall–Kier alpha value is -0.820. The van der Waals surface area contributed by atoms with Crippen molar-refractivity contribution < 1.29 is 59.2 Å². The van der Waals surface area contributed by atoms with Gasteiger partial charge in [-0.15, -0.1) is 0 Å². The van der Waals surface area contributed by atoms with Gasteiger partial charge in [-0.3, -0.25) is 8.78 Å². The minimum Gasteiger partial charge on any atom is -0.378 e. The fourth-order valence-electron chi connectivity index (χ4n) is 2.30. The highest BCUT2D eigenvalue weighted by atomic mass is 19.3. The summed E-state index contributed by atoms with van der Waals surface area (Å²) in [6.45, 7) is -4.97. The van der Waals surface area contributed by atoms with Crippen LogP contribution in [0.4, 0.5) is 43.9 Å². The highest BCUT2D eigenvalue weighted by molar-refractivity contribution is 5.23. The first-order valence-corrected chi connectivity index (χ1v) is 6.13. The van der Waals surface area contributed by atoms with Gasteiger partial charge in [-0.2, -0.15) is 22.0 Å². The van der Waals surface area contributed by atoms with E-state index >= 15 is 0 Å². The summed E-state index contributed by atoms with van der Waals surface area (Å²) in [6, 6.07) is 0. The zero-order valence-electron chi connectivity index (χ0n) is 11.7. The van der Waals surface area contributed by atoms with E-state index in [1.165, 1.54) is 0 Å². The summed E-state index contributed by atoms with van der Waals surface area (Å²) >= 11 is 0. The first-order valence-electron chi connectivity index (χ1n) is 6.13. The molecule has 0 aromatic heterocycles. The summed E-state index contributed by atoms with van der Waals surface area (Å²) in [5, 5.41) is 26.8. The second-order valence-corrected chi connectivity index (χ2v) is 5.97. The Labute approximate surface area is 127 Å². The Balaban J connectivity index is 3.74. The molecule has 0 spiro atoms. The van der Waals surface area contributed by atoms with Crippen LogP contribution in [0.5, 0.6) is 0 Å². The Bertz CT molecular complexity index is 492. The van der Waals surface area contributed by atoms with Crippen LogP contribution in [0.15, 0.2) is 0 Å². The van der Waals surface area contributed by atoms with E-state index in [2.05, 4.69) is 0 Å². The zero-order chi connectivity index (χ0) is 19.6. The molecule has 0 heterocycles. The molecule has 24 heavy (non-hydrogen) atoms. The SMILES string of the molecule is CC(CF)(CF)C(F)(F)C1(O)CC(O)(F)C(F)(F)C(O)(F)C1(F)F. The second kappa shape index (κ2) is 5.10. The standard InChI is InChI=1S/C11H12F10O3/c1-5(3-12,4-13)8(15,16)6(22)2-7(14,23)10(19,20)11(21,24)9(6,17)18/h22-24H,2-4H2,1H3. The summed E-state index contributed by atoms with van der Waals surface area (Å²) in [7, 11) is 0. The average molecular weight is 382 g/mol. The predicted octanol–water partition coefficient (Wildman–Crippen LogP) is 2.29. The highest BCUT2D eigenvalue weighted by Gasteiger charge is 2.93. The van der Waals surface area contributed by atoms with Gasteiger partial charge in [0.15, 0.2) is 0 Å². The second-order valence-electron chi connectivity index (χ2n) is 5.97. The van der Waals surface area contributed by atoms with Gasteiger partial charge in [-0.25, -0.2) is 13.2 Å². The maximum Gasteiger partial charge on any atom is 0.368 e. The topological polar surface area (TPSA) is 60.7 Å². The first-order chi connectivity index (χ1) is 10.3. The third-order valence-electron chi connectivity index (χ3n) is 4.19. The third-order valence-corrected chi connectivity index (χ3v) is 4.19. The van der Waals surface area contributed by atoms with Crippen LogP contribution in [0.3, 0.4) is 0 Å². The van der Waals surface area contributed by atoms with E-state index in [4.69, 9.17) is 10.2 Å². The molecule has 1 saturated carbocycles. The molecule has 3 nitrogen and oxygen atoms in total. The molecular formula is C11H12F10O3. The number of hydrogen-bond donors (Lipinski definition) is 3. The third kappa shape index (κ3) is 2.03. The number of rotatable bonds is 4. The van der Waals surface area contributed by atoms with Gasteiger partial charge in [-0.1, -0.05) is 0 Å². The van der Waals surface area contributed by atoms with Gasteiger partial charge in [0.25, 0.3) is 11.8 Å². The molecule has 1 aliphatic carbocycles. The van der Waals surface area contributed by atoms with Crippen molar-refractivity contribution in [3.63, 3.8) is 0 Å². The van der Waals surface area contributed by atoms with Crippen LogP contribution in [-0.2, 0) is 0 Å². The molecule has 0 bridgehead atoms. The van der Waals surface area contributed by atoms with Crippen LogP contribution in [-0.4, -0.2) is 63.7 Å². The molecule has 3 unspecified atom stereocenters. The molecule has 1 rings (SSSR count). The Kier molecular flexibility index (Phi) is 4.51. The minimum absolute atomic E-state index is 0.0532. The maximum atomic E-state index is 14.2. The van der Waals surface area contributed by atoms with Gasteiger partial charge in [0.05, 0.1) is 11.8 Å². The van der Waals surface area contributed by atoms with Crippen LogP contribution in [0.1, 0.15) is 13.3 Å². The Morgan fingerprint density at radius 2 is 1.21 bits per heavy atom. The highest BCUT2D eigenvalue weighted by Crippen LogP contribution is 2.65. The fraction of sp³-hybridized carbons (Fsp3) is 1.00. The van der Waals surface area contributed by atoms with E-state index in [-0.39, 0.29) is 6.92 Å². The molecule has 0 aliphatic heterocycles.